The Labute approximate surface area is 149 Å². The zero-order valence-electron chi connectivity index (χ0n) is 12.7. The smallest absolute Gasteiger partial charge is 0.232 e. The van der Waals surface area contributed by atoms with Crippen LogP contribution in [0.4, 0.5) is 5.69 Å². The van der Waals surface area contributed by atoms with E-state index in [4.69, 9.17) is 16.9 Å². The lowest BCUT2D eigenvalue weighted by molar-refractivity contribution is 0.596. The summed E-state index contributed by atoms with van der Waals surface area (Å²) >= 11 is 7.91. The van der Waals surface area contributed by atoms with Crippen molar-refractivity contribution in [2.45, 2.75) is 6.54 Å². The van der Waals surface area contributed by atoms with Gasteiger partial charge in [-0.15, -0.1) is 11.3 Å². The van der Waals surface area contributed by atoms with Gasteiger partial charge in [-0.2, -0.15) is 5.26 Å². The van der Waals surface area contributed by atoms with E-state index in [1.54, 1.807) is 24.3 Å². The number of sulfonamides is 1. The normalized spacial score (nSPS) is 11.4. The van der Waals surface area contributed by atoms with Gasteiger partial charge in [-0.3, -0.25) is 4.31 Å². The number of hydrogen-bond acceptors (Lipinski definition) is 4. The standard InChI is InChI=1S/C17H13ClN2O2S2/c1-24(21,22)20(13-8-6-12(10-19)7-9-13)11-16-17(18)14-4-2-3-5-15(14)23-16/h2-9H,11H2,1H3. The van der Waals surface area contributed by atoms with Crippen molar-refractivity contribution in [3.63, 3.8) is 0 Å². The van der Waals surface area contributed by atoms with E-state index in [1.165, 1.54) is 15.6 Å². The number of hydrogen-bond donors (Lipinski definition) is 0. The van der Waals surface area contributed by atoms with Crippen LogP contribution < -0.4 is 4.31 Å². The number of benzene rings is 2. The van der Waals surface area contributed by atoms with E-state index in [-0.39, 0.29) is 6.54 Å². The Kier molecular flexibility index (Phi) is 4.50. The van der Waals surface area contributed by atoms with Crippen molar-refractivity contribution in [3.05, 3.63) is 64.0 Å². The summed E-state index contributed by atoms with van der Waals surface area (Å²) in [5.74, 6) is 0. The Bertz CT molecular complexity index is 1030. The summed E-state index contributed by atoms with van der Waals surface area (Å²) < 4.78 is 26.8. The fourth-order valence-electron chi connectivity index (χ4n) is 2.40. The van der Waals surface area contributed by atoms with Crippen LogP contribution in [0.2, 0.25) is 5.02 Å². The first-order valence-electron chi connectivity index (χ1n) is 7.04. The van der Waals surface area contributed by atoms with E-state index in [0.29, 0.717) is 16.3 Å². The molecule has 1 aromatic heterocycles. The molecular weight excluding hydrogens is 364 g/mol. The molecule has 0 aliphatic carbocycles. The molecule has 0 N–H and O–H groups in total. The van der Waals surface area contributed by atoms with E-state index in [1.807, 2.05) is 30.3 Å². The summed E-state index contributed by atoms with van der Waals surface area (Å²) in [7, 11) is -3.49. The van der Waals surface area contributed by atoms with Crippen molar-refractivity contribution in [3.8, 4) is 6.07 Å². The summed E-state index contributed by atoms with van der Waals surface area (Å²) in [6.07, 6.45) is 1.16. The maximum absolute atomic E-state index is 12.2. The molecule has 0 unspecified atom stereocenters. The second-order valence-electron chi connectivity index (χ2n) is 5.26. The van der Waals surface area contributed by atoms with E-state index in [2.05, 4.69) is 0 Å². The van der Waals surface area contributed by atoms with Gasteiger partial charge in [0.25, 0.3) is 0 Å². The third-order valence-corrected chi connectivity index (χ3v) is 6.41. The molecule has 3 aromatic rings. The van der Waals surface area contributed by atoms with Crippen LogP contribution in [0, 0.1) is 11.3 Å². The summed E-state index contributed by atoms with van der Waals surface area (Å²) in [6.45, 7) is 0.156. The number of thiophene rings is 1. The number of fused-ring (bicyclic) bond motifs is 1. The van der Waals surface area contributed by atoms with Gasteiger partial charge in [0.05, 0.1) is 35.1 Å². The lowest BCUT2D eigenvalue weighted by atomic mass is 10.2. The molecule has 0 radical (unpaired) electrons. The van der Waals surface area contributed by atoms with Crippen LogP contribution in [-0.4, -0.2) is 14.7 Å². The highest BCUT2D eigenvalue weighted by Gasteiger charge is 2.21. The van der Waals surface area contributed by atoms with Crippen LogP contribution in [0.3, 0.4) is 0 Å². The first-order chi connectivity index (χ1) is 11.4. The van der Waals surface area contributed by atoms with Gasteiger partial charge in [-0.05, 0) is 30.3 Å². The molecule has 0 aliphatic heterocycles. The third kappa shape index (κ3) is 3.24. The largest absolute Gasteiger partial charge is 0.265 e. The molecule has 4 nitrogen and oxygen atoms in total. The predicted molar refractivity (Wildman–Crippen MR) is 99.0 cm³/mol. The van der Waals surface area contributed by atoms with Crippen molar-refractivity contribution >= 4 is 48.7 Å². The highest BCUT2D eigenvalue weighted by atomic mass is 35.5. The van der Waals surface area contributed by atoms with Gasteiger partial charge in [-0.1, -0.05) is 29.8 Å². The Morgan fingerprint density at radius 3 is 2.42 bits per heavy atom. The molecule has 3 rings (SSSR count). The predicted octanol–water partition coefficient (Wildman–Crippen LogP) is 4.39. The molecule has 0 saturated carbocycles. The molecule has 2 aromatic carbocycles. The van der Waals surface area contributed by atoms with Crippen LogP contribution in [0.15, 0.2) is 48.5 Å². The van der Waals surface area contributed by atoms with Crippen LogP contribution in [0.1, 0.15) is 10.4 Å². The molecule has 7 heteroatoms. The monoisotopic (exact) mass is 376 g/mol. The first kappa shape index (κ1) is 16.8. The minimum absolute atomic E-state index is 0.156. The van der Waals surface area contributed by atoms with Gasteiger partial charge in [0.2, 0.25) is 10.0 Å². The molecule has 24 heavy (non-hydrogen) atoms. The molecule has 0 fully saturated rings. The van der Waals surface area contributed by atoms with Gasteiger partial charge in [-0.25, -0.2) is 8.42 Å². The van der Waals surface area contributed by atoms with Crippen LogP contribution in [0.5, 0.6) is 0 Å². The second kappa shape index (κ2) is 6.44. The number of anilines is 1. The average molecular weight is 377 g/mol. The number of nitriles is 1. The zero-order valence-corrected chi connectivity index (χ0v) is 15.1. The summed E-state index contributed by atoms with van der Waals surface area (Å²) in [5, 5.41) is 10.4. The SMILES string of the molecule is CS(=O)(=O)N(Cc1sc2ccccc2c1Cl)c1ccc(C#N)cc1. The van der Waals surface area contributed by atoms with Gasteiger partial charge in [0, 0.05) is 15.0 Å². The minimum Gasteiger partial charge on any atom is -0.265 e. The summed E-state index contributed by atoms with van der Waals surface area (Å²) in [6, 6.07) is 16.2. The Morgan fingerprint density at radius 2 is 1.83 bits per heavy atom. The summed E-state index contributed by atoms with van der Waals surface area (Å²) in [5.41, 5.74) is 0.983. The highest BCUT2D eigenvalue weighted by molar-refractivity contribution is 7.92. The number of nitrogens with zero attached hydrogens (tertiary/aromatic N) is 2. The van der Waals surface area contributed by atoms with Crippen molar-refractivity contribution in [2.24, 2.45) is 0 Å². The topological polar surface area (TPSA) is 61.2 Å². The molecule has 1 heterocycles. The van der Waals surface area contributed by atoms with Gasteiger partial charge >= 0.3 is 0 Å². The third-order valence-electron chi connectivity index (χ3n) is 3.57. The van der Waals surface area contributed by atoms with Crippen molar-refractivity contribution in [1.29, 1.82) is 5.26 Å². The average Bonchev–Trinajstić information content (AvgIpc) is 2.88. The number of halogens is 1. The highest BCUT2D eigenvalue weighted by Crippen LogP contribution is 2.37. The number of rotatable bonds is 4. The molecule has 0 amide bonds. The van der Waals surface area contributed by atoms with E-state index < -0.39 is 10.0 Å². The van der Waals surface area contributed by atoms with Crippen LogP contribution in [0.25, 0.3) is 10.1 Å². The lowest BCUT2D eigenvalue weighted by Gasteiger charge is -2.22. The maximum Gasteiger partial charge on any atom is 0.232 e. The first-order valence-corrected chi connectivity index (χ1v) is 10.1. The van der Waals surface area contributed by atoms with Crippen LogP contribution >= 0.6 is 22.9 Å². The van der Waals surface area contributed by atoms with Crippen molar-refractivity contribution in [1.82, 2.24) is 0 Å². The quantitative estimate of drug-likeness (QED) is 0.678. The minimum atomic E-state index is -3.49. The van der Waals surface area contributed by atoms with E-state index >= 15 is 0 Å². The Balaban J connectivity index is 2.03. The van der Waals surface area contributed by atoms with Crippen molar-refractivity contribution < 1.29 is 8.42 Å². The molecule has 0 spiro atoms. The summed E-state index contributed by atoms with van der Waals surface area (Å²) in [4.78, 5) is 0.785. The molecule has 122 valence electrons. The van der Waals surface area contributed by atoms with Gasteiger partial charge in [0.1, 0.15) is 0 Å². The van der Waals surface area contributed by atoms with Gasteiger partial charge < -0.3 is 0 Å². The zero-order chi connectivity index (χ0) is 17.3. The van der Waals surface area contributed by atoms with Crippen molar-refractivity contribution in [2.75, 3.05) is 10.6 Å². The van der Waals surface area contributed by atoms with E-state index in [9.17, 15) is 8.42 Å². The molecule has 0 saturated heterocycles. The maximum atomic E-state index is 12.2. The van der Waals surface area contributed by atoms with Crippen LogP contribution in [-0.2, 0) is 16.6 Å². The molecule has 0 atom stereocenters. The van der Waals surface area contributed by atoms with Gasteiger partial charge in [0.15, 0.2) is 0 Å². The lowest BCUT2D eigenvalue weighted by Crippen LogP contribution is -2.29. The Morgan fingerprint density at radius 1 is 1.17 bits per heavy atom. The second-order valence-corrected chi connectivity index (χ2v) is 8.69. The fourth-order valence-corrected chi connectivity index (χ4v) is 4.83. The molecular formula is C17H13ClN2O2S2. The fraction of sp³-hybridized carbons (Fsp3) is 0.118. The molecule has 0 aliphatic rings. The van der Waals surface area contributed by atoms with E-state index in [0.717, 1.165) is 21.2 Å². The Hall–Kier alpha value is -2.07. The molecule has 0 bridgehead atoms.